The Bertz CT molecular complexity index is 297. The topological polar surface area (TPSA) is 77.0 Å². The number of hydrogen-bond acceptors (Lipinski definition) is 6. The van der Waals surface area contributed by atoms with E-state index < -0.39 is 0 Å². The van der Waals surface area contributed by atoms with Crippen molar-refractivity contribution in [2.75, 3.05) is 11.6 Å². The Balaban J connectivity index is 2.08. The van der Waals surface area contributed by atoms with Gasteiger partial charge in [0.15, 0.2) is 0 Å². The van der Waals surface area contributed by atoms with Crippen molar-refractivity contribution in [3.8, 4) is 0 Å². The van der Waals surface area contributed by atoms with Gasteiger partial charge in [0.05, 0.1) is 12.1 Å². The molecule has 0 radical (unpaired) electrons. The van der Waals surface area contributed by atoms with Crippen LogP contribution in [-0.4, -0.2) is 21.8 Å². The number of rotatable bonds is 3. The standard InChI is InChI=1S/C8H14N4OS/c1-2-5(9)7-11-12-8(13-7)6-3-14-4-10-6/h5-6,10H,2-4,9H2,1H3. The highest BCUT2D eigenvalue weighted by molar-refractivity contribution is 7.99. The molecule has 1 fully saturated rings. The van der Waals surface area contributed by atoms with Gasteiger partial charge in [0.2, 0.25) is 11.8 Å². The van der Waals surface area contributed by atoms with E-state index in [9.17, 15) is 0 Å². The number of hydrogen-bond donors (Lipinski definition) is 2. The average molecular weight is 214 g/mol. The lowest BCUT2D eigenvalue weighted by molar-refractivity contribution is 0.386. The number of nitrogens with two attached hydrogens (primary N) is 1. The molecule has 0 spiro atoms. The highest BCUT2D eigenvalue weighted by Gasteiger charge is 2.23. The van der Waals surface area contributed by atoms with E-state index in [1.807, 2.05) is 18.7 Å². The second kappa shape index (κ2) is 4.29. The molecular formula is C8H14N4OS. The Hall–Kier alpha value is -0.590. The van der Waals surface area contributed by atoms with Crippen LogP contribution >= 0.6 is 11.8 Å². The lowest BCUT2D eigenvalue weighted by atomic mass is 10.2. The molecule has 0 bridgehead atoms. The lowest BCUT2D eigenvalue weighted by Crippen LogP contribution is -2.14. The zero-order valence-electron chi connectivity index (χ0n) is 8.06. The molecule has 0 aliphatic carbocycles. The monoisotopic (exact) mass is 214 g/mol. The van der Waals surface area contributed by atoms with Crippen molar-refractivity contribution in [2.45, 2.75) is 25.4 Å². The van der Waals surface area contributed by atoms with E-state index in [0.29, 0.717) is 11.8 Å². The molecule has 14 heavy (non-hydrogen) atoms. The summed E-state index contributed by atoms with van der Waals surface area (Å²) in [5.74, 6) is 3.14. The van der Waals surface area contributed by atoms with E-state index >= 15 is 0 Å². The molecular weight excluding hydrogens is 200 g/mol. The number of nitrogens with zero attached hydrogens (tertiary/aromatic N) is 2. The van der Waals surface area contributed by atoms with Crippen molar-refractivity contribution in [3.63, 3.8) is 0 Å². The summed E-state index contributed by atoms with van der Waals surface area (Å²) >= 11 is 1.83. The SMILES string of the molecule is CCC(N)c1nnc(C2CSCN2)o1. The normalized spacial score (nSPS) is 24.0. The van der Waals surface area contributed by atoms with Crippen LogP contribution in [0.15, 0.2) is 4.42 Å². The smallest absolute Gasteiger partial charge is 0.234 e. The van der Waals surface area contributed by atoms with Gasteiger partial charge >= 0.3 is 0 Å². The van der Waals surface area contributed by atoms with Gasteiger partial charge in [-0.3, -0.25) is 5.32 Å². The van der Waals surface area contributed by atoms with Crippen LogP contribution in [0.25, 0.3) is 0 Å². The first-order chi connectivity index (χ1) is 6.81. The summed E-state index contributed by atoms with van der Waals surface area (Å²) in [6.07, 6.45) is 0.814. The van der Waals surface area contributed by atoms with E-state index in [1.165, 1.54) is 0 Å². The molecule has 2 heterocycles. The molecule has 2 unspecified atom stereocenters. The Kier molecular flexibility index (Phi) is 3.05. The Morgan fingerprint density at radius 2 is 2.57 bits per heavy atom. The summed E-state index contributed by atoms with van der Waals surface area (Å²) < 4.78 is 5.50. The van der Waals surface area contributed by atoms with Crippen molar-refractivity contribution in [2.24, 2.45) is 5.73 Å². The summed E-state index contributed by atoms with van der Waals surface area (Å²) in [4.78, 5) is 0. The summed E-state index contributed by atoms with van der Waals surface area (Å²) in [5.41, 5.74) is 5.78. The summed E-state index contributed by atoms with van der Waals surface area (Å²) in [5, 5.41) is 11.2. The average Bonchev–Trinajstić information content (AvgIpc) is 2.86. The van der Waals surface area contributed by atoms with Crippen molar-refractivity contribution in [1.82, 2.24) is 15.5 Å². The van der Waals surface area contributed by atoms with E-state index in [1.54, 1.807) is 0 Å². The molecule has 1 saturated heterocycles. The predicted octanol–water partition coefficient (Wildman–Crippen LogP) is 0.814. The van der Waals surface area contributed by atoms with Crippen molar-refractivity contribution in [1.29, 1.82) is 0 Å². The van der Waals surface area contributed by atoms with Crippen molar-refractivity contribution >= 4 is 11.8 Å². The predicted molar refractivity (Wildman–Crippen MR) is 54.7 cm³/mol. The van der Waals surface area contributed by atoms with E-state index in [0.717, 1.165) is 18.1 Å². The van der Waals surface area contributed by atoms with Gasteiger partial charge in [-0.2, -0.15) is 0 Å². The van der Waals surface area contributed by atoms with Gasteiger partial charge in [0.1, 0.15) is 0 Å². The van der Waals surface area contributed by atoms with Crippen molar-refractivity contribution < 1.29 is 4.42 Å². The molecule has 78 valence electrons. The van der Waals surface area contributed by atoms with Crippen LogP contribution in [0.3, 0.4) is 0 Å². The quantitative estimate of drug-likeness (QED) is 0.775. The fraction of sp³-hybridized carbons (Fsp3) is 0.750. The second-order valence-corrected chi connectivity index (χ2v) is 4.30. The number of aromatic nitrogens is 2. The van der Waals surface area contributed by atoms with Gasteiger partial charge in [-0.25, -0.2) is 0 Å². The first kappa shape index (κ1) is 9.95. The maximum atomic E-state index is 5.78. The molecule has 0 saturated carbocycles. The second-order valence-electron chi connectivity index (χ2n) is 3.27. The molecule has 1 aliphatic heterocycles. The minimum atomic E-state index is -0.134. The van der Waals surface area contributed by atoms with Gasteiger partial charge in [-0.05, 0) is 6.42 Å². The fourth-order valence-corrected chi connectivity index (χ4v) is 2.20. The minimum absolute atomic E-state index is 0.134. The van der Waals surface area contributed by atoms with Crippen LogP contribution < -0.4 is 11.1 Å². The van der Waals surface area contributed by atoms with Gasteiger partial charge in [-0.1, -0.05) is 6.92 Å². The molecule has 1 aliphatic rings. The van der Waals surface area contributed by atoms with E-state index in [2.05, 4.69) is 15.5 Å². The maximum Gasteiger partial charge on any atom is 0.234 e. The molecule has 0 aromatic carbocycles. The lowest BCUT2D eigenvalue weighted by Gasteiger charge is -2.03. The Labute approximate surface area is 86.8 Å². The van der Waals surface area contributed by atoms with Crippen LogP contribution in [-0.2, 0) is 0 Å². The molecule has 1 aromatic heterocycles. The Morgan fingerprint density at radius 3 is 3.21 bits per heavy atom. The molecule has 2 rings (SSSR count). The summed E-state index contributed by atoms with van der Waals surface area (Å²) in [7, 11) is 0. The van der Waals surface area contributed by atoms with Crippen LogP contribution in [0, 0.1) is 0 Å². The van der Waals surface area contributed by atoms with Crippen LogP contribution in [0.5, 0.6) is 0 Å². The van der Waals surface area contributed by atoms with E-state index in [4.69, 9.17) is 10.2 Å². The van der Waals surface area contributed by atoms with Crippen LogP contribution in [0.4, 0.5) is 0 Å². The first-order valence-electron chi connectivity index (χ1n) is 4.71. The zero-order valence-corrected chi connectivity index (χ0v) is 8.88. The molecule has 3 N–H and O–H groups in total. The Morgan fingerprint density at radius 1 is 1.71 bits per heavy atom. The largest absolute Gasteiger partial charge is 0.422 e. The number of thioether (sulfide) groups is 1. The molecule has 5 nitrogen and oxygen atoms in total. The first-order valence-corrected chi connectivity index (χ1v) is 5.86. The molecule has 1 aromatic rings. The third-order valence-electron chi connectivity index (χ3n) is 2.23. The van der Waals surface area contributed by atoms with Crippen LogP contribution in [0.2, 0.25) is 0 Å². The minimum Gasteiger partial charge on any atom is -0.422 e. The highest BCUT2D eigenvalue weighted by atomic mass is 32.2. The third-order valence-corrected chi connectivity index (χ3v) is 3.17. The maximum absolute atomic E-state index is 5.78. The zero-order chi connectivity index (χ0) is 9.97. The van der Waals surface area contributed by atoms with Gasteiger partial charge < -0.3 is 10.2 Å². The summed E-state index contributed by atoms with van der Waals surface area (Å²) in [6.45, 7) is 2.00. The molecule has 0 amide bonds. The summed E-state index contributed by atoms with van der Waals surface area (Å²) in [6, 6.07) is 0.0654. The van der Waals surface area contributed by atoms with E-state index in [-0.39, 0.29) is 12.1 Å². The van der Waals surface area contributed by atoms with Crippen LogP contribution in [0.1, 0.15) is 37.2 Å². The van der Waals surface area contributed by atoms with Crippen molar-refractivity contribution in [3.05, 3.63) is 11.8 Å². The van der Waals surface area contributed by atoms with Gasteiger partial charge in [0.25, 0.3) is 0 Å². The molecule has 6 heteroatoms. The number of nitrogens with one attached hydrogen (secondary N) is 1. The third kappa shape index (κ3) is 1.92. The molecule has 2 atom stereocenters. The van der Waals surface area contributed by atoms with Gasteiger partial charge in [-0.15, -0.1) is 22.0 Å². The van der Waals surface area contributed by atoms with Gasteiger partial charge in [0, 0.05) is 11.6 Å². The highest BCUT2D eigenvalue weighted by Crippen LogP contribution is 2.24. The fourth-order valence-electron chi connectivity index (χ4n) is 1.27.